The Morgan fingerprint density at radius 3 is 2.89 bits per heavy atom. The number of nitrogens with zero attached hydrogens (tertiary/aromatic N) is 3. The second-order valence-electron chi connectivity index (χ2n) is 5.80. The molecular weight excluding hydrogens is 384 g/mol. The van der Waals surface area contributed by atoms with Gasteiger partial charge in [-0.05, 0) is 23.6 Å². The van der Waals surface area contributed by atoms with Gasteiger partial charge in [0.2, 0.25) is 0 Å². The standard InChI is InChI=1S/C18H16N4O3S2/c1-25-8-7-22-17(24)11-4-2-3-5-12(11)20-18(22)27-10-14-19-13-6-9-26-15(13)16(23)21-14/h2-6,9H,7-8,10H2,1H3,(H,19,21,23). The summed E-state index contributed by atoms with van der Waals surface area (Å²) in [6, 6.07) is 9.09. The number of thiophene rings is 1. The molecular formula is C18H16N4O3S2. The fourth-order valence-electron chi connectivity index (χ4n) is 2.76. The van der Waals surface area contributed by atoms with E-state index in [0.717, 1.165) is 0 Å². The first-order chi connectivity index (χ1) is 13.2. The molecule has 3 aromatic heterocycles. The van der Waals surface area contributed by atoms with E-state index in [0.29, 0.717) is 51.0 Å². The first kappa shape index (κ1) is 17.9. The molecule has 27 heavy (non-hydrogen) atoms. The number of rotatable bonds is 6. The average Bonchev–Trinajstić information content (AvgIpc) is 3.15. The van der Waals surface area contributed by atoms with Crippen LogP contribution in [0.3, 0.4) is 0 Å². The highest BCUT2D eigenvalue weighted by atomic mass is 32.2. The van der Waals surface area contributed by atoms with Crippen molar-refractivity contribution in [3.8, 4) is 0 Å². The summed E-state index contributed by atoms with van der Waals surface area (Å²) in [7, 11) is 1.59. The van der Waals surface area contributed by atoms with Crippen molar-refractivity contribution < 1.29 is 4.74 Å². The molecule has 4 aromatic rings. The van der Waals surface area contributed by atoms with Crippen LogP contribution < -0.4 is 11.1 Å². The zero-order valence-electron chi connectivity index (χ0n) is 14.5. The van der Waals surface area contributed by atoms with Crippen LogP contribution in [0.5, 0.6) is 0 Å². The lowest BCUT2D eigenvalue weighted by molar-refractivity contribution is 0.183. The summed E-state index contributed by atoms with van der Waals surface area (Å²) >= 11 is 2.73. The summed E-state index contributed by atoms with van der Waals surface area (Å²) in [5.41, 5.74) is 1.08. The maximum Gasteiger partial charge on any atom is 0.268 e. The van der Waals surface area contributed by atoms with Crippen LogP contribution in [-0.4, -0.2) is 33.2 Å². The van der Waals surface area contributed by atoms with E-state index in [2.05, 4.69) is 15.0 Å². The third-order valence-corrected chi connectivity index (χ3v) is 5.94. The Balaban J connectivity index is 1.71. The van der Waals surface area contributed by atoms with Gasteiger partial charge in [0.05, 0.1) is 35.3 Å². The second-order valence-corrected chi connectivity index (χ2v) is 7.66. The number of fused-ring (bicyclic) bond motifs is 2. The van der Waals surface area contributed by atoms with E-state index in [1.54, 1.807) is 17.7 Å². The zero-order chi connectivity index (χ0) is 18.8. The van der Waals surface area contributed by atoms with Gasteiger partial charge in [-0.2, -0.15) is 0 Å². The fraction of sp³-hybridized carbons (Fsp3) is 0.222. The molecule has 0 aliphatic heterocycles. The first-order valence-electron chi connectivity index (χ1n) is 8.25. The maximum atomic E-state index is 12.8. The Hall–Kier alpha value is -2.49. The monoisotopic (exact) mass is 400 g/mol. The molecule has 0 amide bonds. The number of hydrogen-bond donors (Lipinski definition) is 1. The molecule has 0 saturated heterocycles. The summed E-state index contributed by atoms with van der Waals surface area (Å²) in [6.07, 6.45) is 0. The Bertz CT molecular complexity index is 1230. The minimum Gasteiger partial charge on any atom is -0.383 e. The predicted molar refractivity (Wildman–Crippen MR) is 108 cm³/mol. The lowest BCUT2D eigenvalue weighted by atomic mass is 10.2. The van der Waals surface area contributed by atoms with Crippen LogP contribution >= 0.6 is 23.1 Å². The number of methoxy groups -OCH3 is 1. The third-order valence-electron chi connectivity index (χ3n) is 4.05. The molecule has 0 aliphatic rings. The lowest BCUT2D eigenvalue weighted by Crippen LogP contribution is -2.25. The van der Waals surface area contributed by atoms with Crippen molar-refractivity contribution in [3.63, 3.8) is 0 Å². The Morgan fingerprint density at radius 2 is 2.04 bits per heavy atom. The normalized spacial score (nSPS) is 11.4. The van der Waals surface area contributed by atoms with E-state index in [1.165, 1.54) is 23.1 Å². The highest BCUT2D eigenvalue weighted by Gasteiger charge is 2.13. The van der Waals surface area contributed by atoms with Gasteiger partial charge in [0.1, 0.15) is 10.5 Å². The van der Waals surface area contributed by atoms with Gasteiger partial charge in [-0.1, -0.05) is 23.9 Å². The van der Waals surface area contributed by atoms with Gasteiger partial charge in [0.15, 0.2) is 5.16 Å². The van der Waals surface area contributed by atoms with Crippen molar-refractivity contribution >= 4 is 44.2 Å². The molecule has 0 fully saturated rings. The maximum absolute atomic E-state index is 12.8. The molecule has 0 atom stereocenters. The Labute approximate surface area is 162 Å². The number of nitrogens with one attached hydrogen (secondary N) is 1. The van der Waals surface area contributed by atoms with Gasteiger partial charge >= 0.3 is 0 Å². The zero-order valence-corrected chi connectivity index (χ0v) is 16.1. The predicted octanol–water partition coefficient (Wildman–Crippen LogP) is 2.63. The molecule has 0 unspecified atom stereocenters. The molecule has 138 valence electrons. The van der Waals surface area contributed by atoms with E-state index in [1.807, 2.05) is 29.6 Å². The van der Waals surface area contributed by atoms with Crippen molar-refractivity contribution in [2.75, 3.05) is 13.7 Å². The van der Waals surface area contributed by atoms with Crippen LogP contribution in [0.1, 0.15) is 5.82 Å². The minimum atomic E-state index is -0.145. The summed E-state index contributed by atoms with van der Waals surface area (Å²) in [6.45, 7) is 0.812. The molecule has 0 aliphatic carbocycles. The van der Waals surface area contributed by atoms with E-state index < -0.39 is 0 Å². The molecule has 9 heteroatoms. The fourth-order valence-corrected chi connectivity index (χ4v) is 4.38. The quantitative estimate of drug-likeness (QED) is 0.395. The molecule has 0 spiro atoms. The molecule has 0 radical (unpaired) electrons. The summed E-state index contributed by atoms with van der Waals surface area (Å²) in [5.74, 6) is 0.954. The number of ether oxygens (including phenoxy) is 1. The van der Waals surface area contributed by atoms with Crippen LogP contribution in [0.4, 0.5) is 0 Å². The molecule has 3 heterocycles. The lowest BCUT2D eigenvalue weighted by Gasteiger charge is -2.12. The highest BCUT2D eigenvalue weighted by Crippen LogP contribution is 2.22. The number of thioether (sulfide) groups is 1. The van der Waals surface area contributed by atoms with Crippen LogP contribution in [-0.2, 0) is 17.0 Å². The second kappa shape index (κ2) is 7.63. The number of H-pyrrole nitrogens is 1. The SMILES string of the molecule is COCCn1c(SCc2nc3ccsc3c(=O)[nH]2)nc2ccccc2c1=O. The van der Waals surface area contributed by atoms with Crippen molar-refractivity contribution in [2.24, 2.45) is 0 Å². The van der Waals surface area contributed by atoms with Crippen molar-refractivity contribution in [1.82, 2.24) is 19.5 Å². The van der Waals surface area contributed by atoms with Gasteiger partial charge in [-0.15, -0.1) is 11.3 Å². The van der Waals surface area contributed by atoms with Crippen molar-refractivity contribution in [2.45, 2.75) is 17.5 Å². The molecule has 0 bridgehead atoms. The smallest absolute Gasteiger partial charge is 0.268 e. The summed E-state index contributed by atoms with van der Waals surface area (Å²) in [4.78, 5) is 36.9. The molecule has 1 N–H and O–H groups in total. The number of aromatic amines is 1. The Morgan fingerprint density at radius 1 is 1.19 bits per heavy atom. The molecule has 7 nitrogen and oxygen atoms in total. The van der Waals surface area contributed by atoms with Gasteiger partial charge in [0.25, 0.3) is 11.1 Å². The van der Waals surface area contributed by atoms with Gasteiger partial charge in [-0.25, -0.2) is 9.97 Å². The van der Waals surface area contributed by atoms with Crippen molar-refractivity contribution in [1.29, 1.82) is 0 Å². The topological polar surface area (TPSA) is 89.9 Å². The van der Waals surface area contributed by atoms with Gasteiger partial charge in [-0.3, -0.25) is 14.2 Å². The van der Waals surface area contributed by atoms with E-state index in [9.17, 15) is 9.59 Å². The molecule has 1 aromatic carbocycles. The van der Waals surface area contributed by atoms with Crippen LogP contribution in [0, 0.1) is 0 Å². The highest BCUT2D eigenvalue weighted by molar-refractivity contribution is 7.98. The largest absolute Gasteiger partial charge is 0.383 e. The minimum absolute atomic E-state index is 0.102. The number of benzene rings is 1. The van der Waals surface area contributed by atoms with Crippen LogP contribution in [0.2, 0.25) is 0 Å². The summed E-state index contributed by atoms with van der Waals surface area (Å²) < 4.78 is 7.35. The van der Waals surface area contributed by atoms with Crippen LogP contribution in [0.25, 0.3) is 21.1 Å². The molecule has 4 rings (SSSR count). The number of aromatic nitrogens is 4. The average molecular weight is 400 g/mol. The first-order valence-corrected chi connectivity index (χ1v) is 10.1. The van der Waals surface area contributed by atoms with Gasteiger partial charge in [0, 0.05) is 7.11 Å². The van der Waals surface area contributed by atoms with Gasteiger partial charge < -0.3 is 9.72 Å². The van der Waals surface area contributed by atoms with Crippen LogP contribution in [0.15, 0.2) is 50.5 Å². The van der Waals surface area contributed by atoms with E-state index in [-0.39, 0.29) is 11.1 Å². The number of para-hydroxylation sites is 1. The van der Waals surface area contributed by atoms with Crippen molar-refractivity contribution in [3.05, 3.63) is 62.2 Å². The summed E-state index contributed by atoms with van der Waals surface area (Å²) in [5, 5.41) is 2.99. The van der Waals surface area contributed by atoms with E-state index >= 15 is 0 Å². The third kappa shape index (κ3) is 3.53. The molecule has 0 saturated carbocycles. The Kier molecular flexibility index (Phi) is 5.06. The van der Waals surface area contributed by atoms with E-state index in [4.69, 9.17) is 4.74 Å². The number of hydrogen-bond acceptors (Lipinski definition) is 7.